The van der Waals surface area contributed by atoms with E-state index < -0.39 is 17.5 Å². The molecule has 0 saturated carbocycles. The number of halogens is 2. The van der Waals surface area contributed by atoms with Crippen LogP contribution < -0.4 is 16.0 Å². The van der Waals surface area contributed by atoms with E-state index in [-0.39, 0.29) is 35.5 Å². The Labute approximate surface area is 253 Å². The molecule has 7 nitrogen and oxygen atoms in total. The number of nitrogens with one attached hydrogen (secondary N) is 3. The molecule has 2 amide bonds. The summed E-state index contributed by atoms with van der Waals surface area (Å²) in [7, 11) is 1.72. The first-order chi connectivity index (χ1) is 20.5. The molecule has 2 aliphatic heterocycles. The van der Waals surface area contributed by atoms with Gasteiger partial charge in [0.2, 0.25) is 11.8 Å². The van der Waals surface area contributed by atoms with Gasteiger partial charge in [0, 0.05) is 24.0 Å². The van der Waals surface area contributed by atoms with Crippen LogP contribution in [0.3, 0.4) is 0 Å². The highest BCUT2D eigenvalue weighted by Gasteiger charge is 2.40. The summed E-state index contributed by atoms with van der Waals surface area (Å²) in [5.41, 5.74) is 3.23. The van der Waals surface area contributed by atoms with Gasteiger partial charge in [-0.3, -0.25) is 9.59 Å². The molecule has 5 rings (SSSR count). The van der Waals surface area contributed by atoms with Crippen LogP contribution >= 0.6 is 0 Å². The number of piperidine rings is 1. The number of likely N-dealkylation sites (tertiary alicyclic amines) is 1. The smallest absolute Gasteiger partial charge is 0.245 e. The number of aromatic nitrogens is 1. The Morgan fingerprint density at radius 1 is 1.02 bits per heavy atom. The van der Waals surface area contributed by atoms with Crippen molar-refractivity contribution in [1.82, 2.24) is 25.4 Å². The monoisotopic (exact) mass is 593 g/mol. The van der Waals surface area contributed by atoms with Crippen LogP contribution in [0.2, 0.25) is 0 Å². The molecule has 2 aliphatic rings. The normalized spacial score (nSPS) is 19.5. The number of carbonyl (C=O) groups excluding carboxylic acids is 2. The lowest BCUT2D eigenvalue weighted by Crippen LogP contribution is -2.58. The van der Waals surface area contributed by atoms with Crippen LogP contribution in [-0.4, -0.2) is 66.1 Å². The molecule has 0 radical (unpaired) electrons. The van der Waals surface area contributed by atoms with E-state index in [2.05, 4.69) is 20.5 Å². The van der Waals surface area contributed by atoms with Crippen molar-refractivity contribution in [3.63, 3.8) is 0 Å². The van der Waals surface area contributed by atoms with Gasteiger partial charge >= 0.3 is 0 Å². The number of likely N-dealkylation sites (N-methyl/N-ethyl adjacent to an activating group) is 1. The van der Waals surface area contributed by atoms with Crippen molar-refractivity contribution >= 4 is 22.7 Å². The number of hydrogen-bond acceptors (Lipinski definition) is 4. The van der Waals surface area contributed by atoms with Gasteiger partial charge < -0.3 is 25.4 Å². The Morgan fingerprint density at radius 2 is 1.70 bits per heavy atom. The molecule has 0 bridgehead atoms. The molecular weight excluding hydrogens is 548 g/mol. The maximum Gasteiger partial charge on any atom is 0.245 e. The highest BCUT2D eigenvalue weighted by Crippen LogP contribution is 2.41. The third-order valence-corrected chi connectivity index (χ3v) is 9.19. The summed E-state index contributed by atoms with van der Waals surface area (Å²) < 4.78 is 31.1. The van der Waals surface area contributed by atoms with Gasteiger partial charge in [0.1, 0.15) is 17.7 Å². The number of benzene rings is 2. The molecule has 1 aromatic heterocycles. The van der Waals surface area contributed by atoms with Crippen LogP contribution in [-0.2, 0) is 16.0 Å². The van der Waals surface area contributed by atoms with E-state index in [0.717, 1.165) is 66.5 Å². The van der Waals surface area contributed by atoms with Crippen molar-refractivity contribution in [3.05, 3.63) is 59.7 Å². The summed E-state index contributed by atoms with van der Waals surface area (Å²) in [5, 5.41) is 10.4. The highest BCUT2D eigenvalue weighted by molar-refractivity contribution is 5.93. The molecule has 3 atom stereocenters. The van der Waals surface area contributed by atoms with E-state index >= 15 is 0 Å². The number of hydrogen-bond donors (Lipinski definition) is 3. The van der Waals surface area contributed by atoms with Crippen LogP contribution in [0, 0.1) is 17.0 Å². The first kappa shape index (κ1) is 31.1. The fourth-order valence-corrected chi connectivity index (χ4v) is 6.71. The number of nitrogens with zero attached hydrogens (tertiary/aromatic N) is 2. The Bertz CT molecular complexity index is 1460. The van der Waals surface area contributed by atoms with Crippen molar-refractivity contribution in [3.8, 4) is 11.3 Å². The highest BCUT2D eigenvalue weighted by atomic mass is 19.1. The summed E-state index contributed by atoms with van der Waals surface area (Å²) in [5.74, 6) is -0.897. The average Bonchev–Trinajstić information content (AvgIpc) is 3.57. The van der Waals surface area contributed by atoms with Crippen LogP contribution in [0.4, 0.5) is 8.78 Å². The second kappa shape index (κ2) is 12.7. The lowest BCUT2D eigenvalue weighted by molar-refractivity contribution is -0.140. The molecule has 2 saturated heterocycles. The molecule has 2 aromatic carbocycles. The second-order valence-corrected chi connectivity index (χ2v) is 13.2. The quantitative estimate of drug-likeness (QED) is 0.336. The van der Waals surface area contributed by atoms with E-state index in [9.17, 15) is 18.4 Å². The zero-order valence-corrected chi connectivity index (χ0v) is 26.0. The summed E-state index contributed by atoms with van der Waals surface area (Å²) in [6.07, 6.45) is 4.07. The standard InChI is InChI=1S/C34H45F2N5O2/c1-21(37-5)32(42)39-31(34(2,3)4)33(43)40-18-6-7-26(40)20-28-27-13-12-24(36)19-29(27)41(25-14-16-38-17-15-25)30(28)22-8-10-23(35)11-9-22/h8-13,19,21,25-26,31,37-38H,6-7,14-18,20H2,1-5H3,(H,39,42)/t21-,26-,31+/m0/s1. The second-order valence-electron chi connectivity index (χ2n) is 13.2. The third-order valence-electron chi connectivity index (χ3n) is 9.19. The van der Waals surface area contributed by atoms with Crippen LogP contribution in [0.1, 0.15) is 65.0 Å². The van der Waals surface area contributed by atoms with Crippen LogP contribution in [0.5, 0.6) is 0 Å². The topological polar surface area (TPSA) is 78.4 Å². The molecular formula is C34H45F2N5O2. The van der Waals surface area contributed by atoms with Crippen molar-refractivity contribution in [2.45, 2.75) is 84.0 Å². The molecule has 0 spiro atoms. The van der Waals surface area contributed by atoms with Crippen LogP contribution in [0.15, 0.2) is 42.5 Å². The first-order valence-electron chi connectivity index (χ1n) is 15.6. The summed E-state index contributed by atoms with van der Waals surface area (Å²) in [6.45, 7) is 10.0. The van der Waals surface area contributed by atoms with Crippen molar-refractivity contribution in [2.24, 2.45) is 5.41 Å². The molecule has 3 aromatic rings. The number of fused-ring (bicyclic) bond motifs is 1. The van der Waals surface area contributed by atoms with Crippen LogP contribution in [0.25, 0.3) is 22.2 Å². The largest absolute Gasteiger partial charge is 0.342 e. The van der Waals surface area contributed by atoms with Gasteiger partial charge in [-0.15, -0.1) is 0 Å². The number of carbonyl (C=O) groups is 2. The van der Waals surface area contributed by atoms with Gasteiger partial charge in [-0.1, -0.05) is 20.8 Å². The molecule has 0 aliphatic carbocycles. The molecule has 0 unspecified atom stereocenters. The lowest BCUT2D eigenvalue weighted by atomic mass is 9.85. The lowest BCUT2D eigenvalue weighted by Gasteiger charge is -2.36. The Kier molecular flexibility index (Phi) is 9.23. The number of rotatable bonds is 8. The van der Waals surface area contributed by atoms with E-state index in [1.165, 1.54) is 18.2 Å². The minimum atomic E-state index is -0.682. The average molecular weight is 594 g/mol. The molecule has 3 heterocycles. The van der Waals surface area contributed by atoms with Gasteiger partial charge in [0.05, 0.1) is 17.3 Å². The van der Waals surface area contributed by atoms with Gasteiger partial charge in [0.25, 0.3) is 0 Å². The molecule has 2 fully saturated rings. The van der Waals surface area contributed by atoms with Gasteiger partial charge in [0.15, 0.2) is 0 Å². The van der Waals surface area contributed by atoms with E-state index in [1.54, 1.807) is 32.2 Å². The fraction of sp³-hybridized carbons (Fsp3) is 0.529. The molecule has 9 heteroatoms. The SMILES string of the molecule is CN[C@@H](C)C(=O)N[C@H](C(=O)N1CCC[C@H]1Cc1c(-c2ccc(F)cc2)n(C2CCNCC2)c2cc(F)ccc12)C(C)(C)C. The predicted molar refractivity (Wildman–Crippen MR) is 167 cm³/mol. The minimum Gasteiger partial charge on any atom is -0.342 e. The van der Waals surface area contributed by atoms with Gasteiger partial charge in [-0.25, -0.2) is 8.78 Å². The number of amides is 2. The van der Waals surface area contributed by atoms with E-state index in [4.69, 9.17) is 0 Å². The van der Waals surface area contributed by atoms with Gasteiger partial charge in [-0.2, -0.15) is 0 Å². The van der Waals surface area contributed by atoms with Crippen molar-refractivity contribution in [2.75, 3.05) is 26.7 Å². The fourth-order valence-electron chi connectivity index (χ4n) is 6.71. The zero-order valence-electron chi connectivity index (χ0n) is 26.0. The Morgan fingerprint density at radius 3 is 2.35 bits per heavy atom. The van der Waals surface area contributed by atoms with Crippen molar-refractivity contribution in [1.29, 1.82) is 0 Å². The minimum absolute atomic E-state index is 0.0804. The summed E-state index contributed by atoms with van der Waals surface area (Å²) in [4.78, 5) is 29.0. The third kappa shape index (κ3) is 6.48. The maximum absolute atomic E-state index is 14.8. The molecule has 43 heavy (non-hydrogen) atoms. The Hall–Kier alpha value is -3.30. The molecule has 232 valence electrons. The first-order valence-corrected chi connectivity index (χ1v) is 15.6. The summed E-state index contributed by atoms with van der Waals surface area (Å²) in [6, 6.07) is 10.5. The van der Waals surface area contributed by atoms with E-state index in [0.29, 0.717) is 13.0 Å². The summed E-state index contributed by atoms with van der Waals surface area (Å²) >= 11 is 0. The van der Waals surface area contributed by atoms with Crippen molar-refractivity contribution < 1.29 is 18.4 Å². The Balaban J connectivity index is 1.57. The van der Waals surface area contributed by atoms with Gasteiger partial charge in [-0.05, 0) is 118 Å². The molecule has 3 N–H and O–H groups in total. The van der Waals surface area contributed by atoms with E-state index in [1.807, 2.05) is 31.7 Å². The predicted octanol–water partition coefficient (Wildman–Crippen LogP) is 5.18. The zero-order chi connectivity index (χ0) is 30.9. The maximum atomic E-state index is 14.8.